The first kappa shape index (κ1) is 16.3. The molecule has 0 spiro atoms. The SMILES string of the molecule is COc1ccccc1-c1ccc2cnc(Nc3ccc4oc(C)nc4c3)nn12. The van der Waals surface area contributed by atoms with Crippen LogP contribution in [0.4, 0.5) is 11.6 Å². The molecule has 0 amide bonds. The van der Waals surface area contributed by atoms with E-state index in [0.717, 1.165) is 39.3 Å². The van der Waals surface area contributed by atoms with Crippen molar-refractivity contribution in [2.45, 2.75) is 6.92 Å². The molecule has 0 aliphatic carbocycles. The Morgan fingerprint density at radius 3 is 2.86 bits per heavy atom. The van der Waals surface area contributed by atoms with Gasteiger partial charge in [-0.3, -0.25) is 0 Å². The number of aromatic nitrogens is 4. The quantitative estimate of drug-likeness (QED) is 0.497. The molecule has 0 aliphatic heterocycles. The molecule has 0 saturated carbocycles. The Morgan fingerprint density at radius 1 is 1.07 bits per heavy atom. The third-order valence-electron chi connectivity index (χ3n) is 4.53. The van der Waals surface area contributed by atoms with Crippen molar-refractivity contribution in [3.63, 3.8) is 0 Å². The van der Waals surface area contributed by atoms with Crippen LogP contribution in [0.5, 0.6) is 5.75 Å². The molecule has 5 rings (SSSR count). The van der Waals surface area contributed by atoms with Crippen LogP contribution in [0.15, 0.2) is 65.2 Å². The zero-order valence-electron chi connectivity index (χ0n) is 15.4. The second kappa shape index (κ2) is 6.38. The lowest BCUT2D eigenvalue weighted by molar-refractivity contribution is 0.416. The van der Waals surface area contributed by atoms with Gasteiger partial charge in [0.2, 0.25) is 5.95 Å². The zero-order chi connectivity index (χ0) is 19.1. The highest BCUT2D eigenvalue weighted by molar-refractivity contribution is 5.78. The van der Waals surface area contributed by atoms with E-state index in [-0.39, 0.29) is 0 Å². The molecule has 0 bridgehead atoms. The molecule has 5 aromatic rings. The topological polar surface area (TPSA) is 77.5 Å². The lowest BCUT2D eigenvalue weighted by Gasteiger charge is -2.09. The van der Waals surface area contributed by atoms with E-state index in [0.29, 0.717) is 11.8 Å². The van der Waals surface area contributed by atoms with Crippen molar-refractivity contribution >= 4 is 28.3 Å². The van der Waals surface area contributed by atoms with Gasteiger partial charge in [-0.05, 0) is 42.5 Å². The second-order valence-corrected chi connectivity index (χ2v) is 6.38. The monoisotopic (exact) mass is 371 g/mol. The summed E-state index contributed by atoms with van der Waals surface area (Å²) >= 11 is 0. The molecule has 0 saturated heterocycles. The lowest BCUT2D eigenvalue weighted by atomic mass is 10.1. The van der Waals surface area contributed by atoms with Crippen LogP contribution < -0.4 is 10.1 Å². The third-order valence-corrected chi connectivity index (χ3v) is 4.53. The van der Waals surface area contributed by atoms with Crippen LogP contribution in [0.1, 0.15) is 5.89 Å². The number of rotatable bonds is 4. The molecular formula is C21H17N5O2. The fourth-order valence-corrected chi connectivity index (χ4v) is 3.27. The van der Waals surface area contributed by atoms with Crippen LogP contribution in [0.25, 0.3) is 27.9 Å². The average molecular weight is 371 g/mol. The predicted molar refractivity (Wildman–Crippen MR) is 107 cm³/mol. The molecule has 1 N–H and O–H groups in total. The summed E-state index contributed by atoms with van der Waals surface area (Å²) in [4.78, 5) is 8.78. The van der Waals surface area contributed by atoms with Crippen molar-refractivity contribution in [1.29, 1.82) is 0 Å². The van der Waals surface area contributed by atoms with Crippen LogP contribution in [-0.2, 0) is 0 Å². The number of para-hydroxylation sites is 1. The van der Waals surface area contributed by atoms with E-state index in [9.17, 15) is 0 Å². The van der Waals surface area contributed by atoms with Gasteiger partial charge in [-0.15, -0.1) is 5.10 Å². The number of fused-ring (bicyclic) bond motifs is 2. The van der Waals surface area contributed by atoms with E-state index < -0.39 is 0 Å². The van der Waals surface area contributed by atoms with Gasteiger partial charge in [0.25, 0.3) is 0 Å². The minimum Gasteiger partial charge on any atom is -0.496 e. The van der Waals surface area contributed by atoms with Gasteiger partial charge in [0.05, 0.1) is 24.5 Å². The van der Waals surface area contributed by atoms with Crippen molar-refractivity contribution in [1.82, 2.24) is 19.6 Å². The second-order valence-electron chi connectivity index (χ2n) is 6.38. The number of hydrogen-bond acceptors (Lipinski definition) is 6. The Balaban J connectivity index is 1.55. The molecule has 7 heteroatoms. The van der Waals surface area contributed by atoms with Gasteiger partial charge in [-0.2, -0.15) is 0 Å². The lowest BCUT2D eigenvalue weighted by Crippen LogP contribution is -2.03. The maximum absolute atomic E-state index is 5.52. The predicted octanol–water partition coefficient (Wildman–Crippen LogP) is 4.60. The number of ether oxygens (including phenoxy) is 1. The molecule has 0 aliphatic rings. The number of nitrogens with one attached hydrogen (secondary N) is 1. The number of aryl methyl sites for hydroxylation is 1. The highest BCUT2D eigenvalue weighted by Crippen LogP contribution is 2.30. The molecule has 7 nitrogen and oxygen atoms in total. The normalized spacial score (nSPS) is 11.2. The Morgan fingerprint density at radius 2 is 1.96 bits per heavy atom. The summed E-state index contributed by atoms with van der Waals surface area (Å²) in [6.07, 6.45) is 1.78. The minimum atomic E-state index is 0.486. The number of oxazole rings is 1. The Kier molecular flexibility index (Phi) is 3.72. The smallest absolute Gasteiger partial charge is 0.245 e. The van der Waals surface area contributed by atoms with Crippen molar-refractivity contribution in [2.75, 3.05) is 12.4 Å². The Bertz CT molecular complexity index is 1300. The van der Waals surface area contributed by atoms with Crippen LogP contribution in [0.3, 0.4) is 0 Å². The summed E-state index contributed by atoms with van der Waals surface area (Å²) in [7, 11) is 1.67. The molecule has 28 heavy (non-hydrogen) atoms. The first-order valence-electron chi connectivity index (χ1n) is 8.84. The molecular weight excluding hydrogens is 354 g/mol. The van der Waals surface area contributed by atoms with Gasteiger partial charge in [-0.25, -0.2) is 14.5 Å². The standard InChI is InChI=1S/C21H17N5O2/c1-13-23-17-11-14(7-10-20(17)28-13)24-21-22-12-15-8-9-18(26(15)25-21)16-5-3-4-6-19(16)27-2/h3-12H,1-2H3,(H,24,25). The first-order valence-corrected chi connectivity index (χ1v) is 8.84. The highest BCUT2D eigenvalue weighted by atomic mass is 16.5. The minimum absolute atomic E-state index is 0.486. The molecule has 3 aromatic heterocycles. The highest BCUT2D eigenvalue weighted by Gasteiger charge is 2.12. The van der Waals surface area contributed by atoms with Crippen LogP contribution >= 0.6 is 0 Å². The van der Waals surface area contributed by atoms with Gasteiger partial charge >= 0.3 is 0 Å². The maximum atomic E-state index is 5.52. The summed E-state index contributed by atoms with van der Waals surface area (Å²) in [6, 6.07) is 17.6. The maximum Gasteiger partial charge on any atom is 0.245 e. The molecule has 0 unspecified atom stereocenters. The number of anilines is 2. The Hall–Kier alpha value is -3.87. The van der Waals surface area contributed by atoms with Gasteiger partial charge in [0.1, 0.15) is 11.3 Å². The number of methoxy groups -OCH3 is 1. The van der Waals surface area contributed by atoms with Gasteiger partial charge in [0, 0.05) is 18.2 Å². The molecule has 2 aromatic carbocycles. The van der Waals surface area contributed by atoms with Crippen molar-refractivity contribution in [3.8, 4) is 17.0 Å². The summed E-state index contributed by atoms with van der Waals surface area (Å²) in [5, 5.41) is 7.90. The molecule has 0 fully saturated rings. The molecule has 0 radical (unpaired) electrons. The van der Waals surface area contributed by atoms with E-state index in [2.05, 4.69) is 20.4 Å². The van der Waals surface area contributed by atoms with Gasteiger partial charge in [0.15, 0.2) is 11.5 Å². The van der Waals surface area contributed by atoms with Crippen LogP contribution in [0.2, 0.25) is 0 Å². The largest absolute Gasteiger partial charge is 0.496 e. The summed E-state index contributed by atoms with van der Waals surface area (Å²) in [6.45, 7) is 1.83. The third kappa shape index (κ3) is 2.73. The number of nitrogens with zero attached hydrogens (tertiary/aromatic N) is 4. The van der Waals surface area contributed by atoms with E-state index in [1.165, 1.54) is 0 Å². The van der Waals surface area contributed by atoms with E-state index in [4.69, 9.17) is 9.15 Å². The summed E-state index contributed by atoms with van der Waals surface area (Å²) in [5.41, 5.74) is 5.18. The average Bonchev–Trinajstić information content (AvgIpc) is 3.29. The van der Waals surface area contributed by atoms with Crippen LogP contribution in [0, 0.1) is 6.92 Å². The molecule has 0 atom stereocenters. The van der Waals surface area contributed by atoms with E-state index in [1.807, 2.05) is 66.0 Å². The van der Waals surface area contributed by atoms with E-state index in [1.54, 1.807) is 13.3 Å². The molecule has 138 valence electrons. The van der Waals surface area contributed by atoms with E-state index >= 15 is 0 Å². The number of hydrogen-bond donors (Lipinski definition) is 1. The molecule has 3 heterocycles. The fourth-order valence-electron chi connectivity index (χ4n) is 3.27. The zero-order valence-corrected chi connectivity index (χ0v) is 15.4. The first-order chi connectivity index (χ1) is 13.7. The van der Waals surface area contributed by atoms with Gasteiger partial charge < -0.3 is 14.5 Å². The summed E-state index contributed by atoms with van der Waals surface area (Å²) < 4.78 is 12.9. The number of benzene rings is 2. The van der Waals surface area contributed by atoms with Crippen molar-refractivity contribution in [3.05, 3.63) is 66.7 Å². The van der Waals surface area contributed by atoms with Crippen molar-refractivity contribution in [2.24, 2.45) is 0 Å². The Labute approximate surface area is 160 Å². The van der Waals surface area contributed by atoms with Crippen molar-refractivity contribution < 1.29 is 9.15 Å². The fraction of sp³-hybridized carbons (Fsp3) is 0.0952. The summed E-state index contributed by atoms with van der Waals surface area (Å²) in [5.74, 6) is 1.92. The van der Waals surface area contributed by atoms with Gasteiger partial charge in [-0.1, -0.05) is 12.1 Å². The van der Waals surface area contributed by atoms with Crippen LogP contribution in [-0.4, -0.2) is 26.7 Å².